The van der Waals surface area contributed by atoms with Crippen LogP contribution in [0.1, 0.15) is 28.4 Å². The predicted octanol–water partition coefficient (Wildman–Crippen LogP) is 4.97. The van der Waals surface area contributed by atoms with Gasteiger partial charge in [0, 0.05) is 22.1 Å². The van der Waals surface area contributed by atoms with Crippen LogP contribution in [0.25, 0.3) is 10.6 Å². The summed E-state index contributed by atoms with van der Waals surface area (Å²) in [6.07, 6.45) is 0. The van der Waals surface area contributed by atoms with E-state index in [1.807, 2.05) is 6.07 Å². The molecule has 4 aromatic rings. The molecule has 4 rings (SSSR count). The zero-order valence-corrected chi connectivity index (χ0v) is 16.2. The molecule has 3 aromatic carbocycles. The van der Waals surface area contributed by atoms with Crippen molar-refractivity contribution >= 4 is 11.3 Å². The molecule has 0 radical (unpaired) electrons. The van der Waals surface area contributed by atoms with Crippen molar-refractivity contribution in [3.63, 3.8) is 0 Å². The summed E-state index contributed by atoms with van der Waals surface area (Å²) in [5.41, 5.74) is 6.25. The van der Waals surface area contributed by atoms with Crippen LogP contribution >= 0.6 is 11.3 Å². The summed E-state index contributed by atoms with van der Waals surface area (Å²) in [6, 6.07) is 30.2. The molecule has 1 heterocycles. The van der Waals surface area contributed by atoms with Crippen LogP contribution in [-0.2, 0) is 6.54 Å². The summed E-state index contributed by atoms with van der Waals surface area (Å²) in [5.74, 6) is 0. The Morgan fingerprint density at radius 2 is 1.44 bits per heavy atom. The van der Waals surface area contributed by atoms with E-state index in [1.54, 1.807) is 11.3 Å². The Balaban J connectivity index is 1.54. The molecule has 2 N–H and O–H groups in total. The number of quaternary nitrogens is 1. The highest BCUT2D eigenvalue weighted by molar-refractivity contribution is 7.13. The molecule has 0 amide bonds. The van der Waals surface area contributed by atoms with Crippen molar-refractivity contribution in [1.29, 1.82) is 0 Å². The zero-order valence-electron chi connectivity index (χ0n) is 15.4. The molecule has 1 aromatic heterocycles. The van der Waals surface area contributed by atoms with Gasteiger partial charge in [0.2, 0.25) is 0 Å². The van der Waals surface area contributed by atoms with Crippen LogP contribution in [0.15, 0.2) is 90.3 Å². The fraction of sp³-hybridized carbons (Fsp3) is 0.125. The Kier molecular flexibility index (Phi) is 5.42. The lowest BCUT2D eigenvalue weighted by atomic mass is 9.98. The maximum Gasteiger partial charge on any atom is 0.138 e. The van der Waals surface area contributed by atoms with Crippen molar-refractivity contribution in [2.45, 2.75) is 19.5 Å². The van der Waals surface area contributed by atoms with Gasteiger partial charge in [-0.05, 0) is 6.92 Å². The summed E-state index contributed by atoms with van der Waals surface area (Å²) in [5, 5.41) is 5.64. The third kappa shape index (κ3) is 4.33. The number of thiazole rings is 1. The van der Waals surface area contributed by atoms with Crippen molar-refractivity contribution in [1.82, 2.24) is 4.98 Å². The topological polar surface area (TPSA) is 29.5 Å². The Morgan fingerprint density at radius 1 is 0.815 bits per heavy atom. The van der Waals surface area contributed by atoms with Gasteiger partial charge >= 0.3 is 0 Å². The van der Waals surface area contributed by atoms with E-state index in [1.165, 1.54) is 22.3 Å². The van der Waals surface area contributed by atoms with Gasteiger partial charge in [-0.2, -0.15) is 0 Å². The van der Waals surface area contributed by atoms with Gasteiger partial charge in [-0.25, -0.2) is 4.98 Å². The smallest absolute Gasteiger partial charge is 0.138 e. The van der Waals surface area contributed by atoms with E-state index < -0.39 is 0 Å². The molecule has 27 heavy (non-hydrogen) atoms. The first kappa shape index (κ1) is 17.7. The number of nitrogens with two attached hydrogens (primary N) is 1. The summed E-state index contributed by atoms with van der Waals surface area (Å²) >= 11 is 1.72. The average molecular weight is 372 g/mol. The Bertz CT molecular complexity index is 976. The summed E-state index contributed by atoms with van der Waals surface area (Å²) in [4.78, 5) is 4.84. The molecular weight excluding hydrogens is 348 g/mol. The van der Waals surface area contributed by atoms with Gasteiger partial charge in [-0.3, -0.25) is 0 Å². The number of nitrogens with zero attached hydrogens (tertiary/aromatic N) is 1. The van der Waals surface area contributed by atoms with E-state index in [0.717, 1.165) is 17.2 Å². The lowest BCUT2D eigenvalue weighted by molar-refractivity contribution is -0.702. The number of hydrogen-bond donors (Lipinski definition) is 1. The first-order valence-electron chi connectivity index (χ1n) is 9.24. The third-order valence-electron chi connectivity index (χ3n) is 4.73. The highest BCUT2D eigenvalue weighted by Gasteiger charge is 2.18. The maximum absolute atomic E-state index is 4.84. The number of rotatable bonds is 6. The Morgan fingerprint density at radius 3 is 2.15 bits per heavy atom. The fourth-order valence-corrected chi connectivity index (χ4v) is 4.09. The molecule has 0 spiro atoms. The van der Waals surface area contributed by atoms with E-state index in [0.29, 0.717) is 0 Å². The summed E-state index contributed by atoms with van der Waals surface area (Å²) in [6.45, 7) is 2.99. The molecular formula is C24H23N2S+. The van der Waals surface area contributed by atoms with E-state index in [9.17, 15) is 0 Å². The van der Waals surface area contributed by atoms with Crippen LogP contribution in [0.5, 0.6) is 0 Å². The number of aryl methyl sites for hydroxylation is 1. The predicted molar refractivity (Wildman–Crippen MR) is 113 cm³/mol. The standard InChI is InChI=1S/C24H22N2S/c1-18-12-14-20(15-13-18)23(19-8-4-2-5-9-19)25-16-22-17-27-24(26-22)21-10-6-3-7-11-21/h2-15,17,23,25H,16H2,1H3/p+1/t23-/m1/s1. The minimum atomic E-state index is 0.272. The summed E-state index contributed by atoms with van der Waals surface area (Å²) < 4.78 is 0. The minimum Gasteiger partial charge on any atom is -0.331 e. The Hall–Kier alpha value is -2.75. The molecule has 3 heteroatoms. The first-order chi connectivity index (χ1) is 13.3. The third-order valence-corrected chi connectivity index (χ3v) is 5.67. The second kappa shape index (κ2) is 8.30. The normalized spacial score (nSPS) is 12.0. The van der Waals surface area contributed by atoms with Gasteiger partial charge in [0.25, 0.3) is 0 Å². The van der Waals surface area contributed by atoms with Gasteiger partial charge in [0.1, 0.15) is 23.3 Å². The van der Waals surface area contributed by atoms with Crippen molar-refractivity contribution in [3.8, 4) is 10.6 Å². The SMILES string of the molecule is Cc1ccc([C@H]([NH2+]Cc2csc(-c3ccccc3)n2)c2ccccc2)cc1. The maximum atomic E-state index is 4.84. The molecule has 2 nitrogen and oxygen atoms in total. The van der Waals surface area contributed by atoms with E-state index in [4.69, 9.17) is 4.98 Å². The van der Waals surface area contributed by atoms with Crippen LogP contribution in [0, 0.1) is 6.92 Å². The van der Waals surface area contributed by atoms with Crippen molar-refractivity contribution in [2.24, 2.45) is 0 Å². The largest absolute Gasteiger partial charge is 0.331 e. The van der Waals surface area contributed by atoms with Crippen molar-refractivity contribution in [2.75, 3.05) is 0 Å². The van der Waals surface area contributed by atoms with Crippen LogP contribution in [0.4, 0.5) is 0 Å². The molecule has 1 atom stereocenters. The monoisotopic (exact) mass is 371 g/mol. The highest BCUT2D eigenvalue weighted by Crippen LogP contribution is 2.23. The minimum absolute atomic E-state index is 0.272. The molecule has 0 aliphatic carbocycles. The first-order valence-corrected chi connectivity index (χ1v) is 10.1. The number of benzene rings is 3. The molecule has 0 unspecified atom stereocenters. The van der Waals surface area contributed by atoms with Gasteiger partial charge in [-0.15, -0.1) is 11.3 Å². The van der Waals surface area contributed by atoms with Crippen LogP contribution in [0.3, 0.4) is 0 Å². The van der Waals surface area contributed by atoms with E-state index >= 15 is 0 Å². The molecule has 134 valence electrons. The second-order valence-electron chi connectivity index (χ2n) is 6.75. The molecule has 0 bridgehead atoms. The average Bonchev–Trinajstić information content (AvgIpc) is 3.20. The summed E-state index contributed by atoms with van der Waals surface area (Å²) in [7, 11) is 0. The number of hydrogen-bond acceptors (Lipinski definition) is 2. The van der Waals surface area contributed by atoms with Crippen molar-refractivity contribution in [3.05, 3.63) is 113 Å². The fourth-order valence-electron chi connectivity index (χ4n) is 3.25. The lowest BCUT2D eigenvalue weighted by Gasteiger charge is -2.16. The molecule has 0 saturated carbocycles. The number of aromatic nitrogens is 1. The molecule has 0 fully saturated rings. The van der Waals surface area contributed by atoms with Crippen LogP contribution in [-0.4, -0.2) is 4.98 Å². The molecule has 0 saturated heterocycles. The zero-order chi connectivity index (χ0) is 18.5. The van der Waals surface area contributed by atoms with Gasteiger partial charge in [0.15, 0.2) is 0 Å². The van der Waals surface area contributed by atoms with E-state index in [-0.39, 0.29) is 6.04 Å². The van der Waals surface area contributed by atoms with Gasteiger partial charge < -0.3 is 5.32 Å². The van der Waals surface area contributed by atoms with Gasteiger partial charge in [-0.1, -0.05) is 90.5 Å². The lowest BCUT2D eigenvalue weighted by Crippen LogP contribution is -2.84. The van der Waals surface area contributed by atoms with E-state index in [2.05, 4.69) is 96.5 Å². The van der Waals surface area contributed by atoms with Gasteiger partial charge in [0.05, 0.1) is 0 Å². The van der Waals surface area contributed by atoms with Crippen LogP contribution < -0.4 is 5.32 Å². The van der Waals surface area contributed by atoms with Crippen LogP contribution in [0.2, 0.25) is 0 Å². The second-order valence-corrected chi connectivity index (χ2v) is 7.61. The molecule has 0 aliphatic rings. The molecule has 0 aliphatic heterocycles. The van der Waals surface area contributed by atoms with Crippen molar-refractivity contribution < 1.29 is 5.32 Å². The Labute approximate surface area is 164 Å². The highest BCUT2D eigenvalue weighted by atomic mass is 32.1. The quantitative estimate of drug-likeness (QED) is 0.509.